The number of hydrogen-bond acceptors (Lipinski definition) is 1. The molecule has 0 saturated carbocycles. The number of hydrogen-bond donors (Lipinski definition) is 1. The van der Waals surface area contributed by atoms with Crippen LogP contribution in [0.3, 0.4) is 0 Å². The van der Waals surface area contributed by atoms with Gasteiger partial charge in [0, 0.05) is 1.43 Å². The van der Waals surface area contributed by atoms with Crippen molar-refractivity contribution in [2.75, 3.05) is 6.54 Å². The van der Waals surface area contributed by atoms with E-state index in [2.05, 4.69) is 13.8 Å². The van der Waals surface area contributed by atoms with Crippen molar-refractivity contribution in [1.82, 2.24) is 0 Å². The van der Waals surface area contributed by atoms with Crippen molar-refractivity contribution in [1.29, 1.82) is 0 Å². The minimum atomic E-state index is 0. The lowest BCUT2D eigenvalue weighted by molar-refractivity contribution is 0.596. The zero-order valence-electron chi connectivity index (χ0n) is 4.57. The normalized spacial score (nSPS) is 10.0. The number of nitrogens with two attached hydrogens (primary N) is 1. The summed E-state index contributed by atoms with van der Waals surface area (Å²) < 4.78 is 0. The molecule has 0 aliphatic carbocycles. The minimum absolute atomic E-state index is 0. The summed E-state index contributed by atoms with van der Waals surface area (Å²) in [6, 6.07) is 0. The average molecular weight is 89.2 g/mol. The second-order valence-corrected chi connectivity index (χ2v) is 1.97. The van der Waals surface area contributed by atoms with Gasteiger partial charge in [-0.1, -0.05) is 13.8 Å². The lowest BCUT2D eigenvalue weighted by Gasteiger charge is -1.96. The van der Waals surface area contributed by atoms with Crippen LogP contribution in [-0.2, 0) is 0 Å². The summed E-state index contributed by atoms with van der Waals surface area (Å²) in [6.07, 6.45) is 1.15. The SMILES string of the molecule is CC(C)CCN.[HH]. The topological polar surface area (TPSA) is 26.0 Å². The Morgan fingerprint density at radius 3 is 2.17 bits per heavy atom. The van der Waals surface area contributed by atoms with Crippen LogP contribution in [0.1, 0.15) is 21.7 Å². The van der Waals surface area contributed by atoms with Gasteiger partial charge in [0.1, 0.15) is 0 Å². The lowest BCUT2D eigenvalue weighted by Crippen LogP contribution is -2.01. The highest BCUT2D eigenvalue weighted by Crippen LogP contribution is 1.93. The van der Waals surface area contributed by atoms with Gasteiger partial charge < -0.3 is 5.73 Å². The van der Waals surface area contributed by atoms with E-state index in [9.17, 15) is 0 Å². The number of rotatable bonds is 2. The van der Waals surface area contributed by atoms with E-state index in [1.54, 1.807) is 0 Å². The molecule has 0 unspecified atom stereocenters. The van der Waals surface area contributed by atoms with E-state index in [4.69, 9.17) is 5.73 Å². The van der Waals surface area contributed by atoms with Crippen molar-refractivity contribution < 1.29 is 1.43 Å². The molecule has 0 atom stereocenters. The average Bonchev–Trinajstić information content (AvgIpc) is 1.35. The summed E-state index contributed by atoms with van der Waals surface area (Å²) in [5.74, 6) is 0.773. The molecule has 0 aliphatic rings. The fourth-order valence-corrected chi connectivity index (χ4v) is 0.333. The first-order valence-electron chi connectivity index (χ1n) is 2.47. The Morgan fingerprint density at radius 1 is 1.67 bits per heavy atom. The first-order valence-corrected chi connectivity index (χ1v) is 2.47. The van der Waals surface area contributed by atoms with E-state index in [0.29, 0.717) is 0 Å². The molecular formula is C5H15N. The molecule has 0 aliphatic heterocycles. The maximum absolute atomic E-state index is 5.23. The third kappa shape index (κ3) is 3.96. The Morgan fingerprint density at radius 2 is 2.17 bits per heavy atom. The maximum Gasteiger partial charge on any atom is 0 e. The first-order chi connectivity index (χ1) is 2.77. The lowest BCUT2D eigenvalue weighted by atomic mass is 10.1. The Labute approximate surface area is 41.0 Å². The summed E-state index contributed by atoms with van der Waals surface area (Å²) >= 11 is 0. The van der Waals surface area contributed by atoms with Gasteiger partial charge in [-0.3, -0.25) is 0 Å². The van der Waals surface area contributed by atoms with Gasteiger partial charge in [-0.2, -0.15) is 0 Å². The van der Waals surface area contributed by atoms with E-state index in [1.807, 2.05) is 0 Å². The van der Waals surface area contributed by atoms with Crippen LogP contribution in [0.25, 0.3) is 0 Å². The molecule has 2 N–H and O–H groups in total. The van der Waals surface area contributed by atoms with Crippen LogP contribution < -0.4 is 5.73 Å². The van der Waals surface area contributed by atoms with Gasteiger partial charge in [-0.15, -0.1) is 0 Å². The van der Waals surface area contributed by atoms with Crippen molar-refractivity contribution >= 4 is 0 Å². The molecule has 0 amide bonds. The molecule has 0 bridgehead atoms. The predicted octanol–water partition coefficient (Wildman–Crippen LogP) is 1.24. The molecule has 6 heavy (non-hydrogen) atoms. The highest BCUT2D eigenvalue weighted by molar-refractivity contribution is 4.42. The smallest absolute Gasteiger partial charge is 0 e. The molecular weight excluding hydrogens is 74.1 g/mol. The molecule has 0 heterocycles. The molecule has 40 valence electrons. The Bertz CT molecular complexity index is 29.3. The summed E-state index contributed by atoms with van der Waals surface area (Å²) in [5, 5.41) is 0. The van der Waals surface area contributed by atoms with E-state index in [-0.39, 0.29) is 1.43 Å². The van der Waals surface area contributed by atoms with Crippen LogP contribution in [0.2, 0.25) is 0 Å². The van der Waals surface area contributed by atoms with Crippen LogP contribution in [0, 0.1) is 5.92 Å². The van der Waals surface area contributed by atoms with Crippen molar-refractivity contribution in [3.8, 4) is 0 Å². The standard InChI is InChI=1S/C5H13N.H2/c1-5(2)3-4-6;/h5H,3-4,6H2,1-2H3;1H. The van der Waals surface area contributed by atoms with E-state index < -0.39 is 0 Å². The van der Waals surface area contributed by atoms with Crippen LogP contribution in [0.15, 0.2) is 0 Å². The van der Waals surface area contributed by atoms with Crippen molar-refractivity contribution in [3.63, 3.8) is 0 Å². The third-order valence-corrected chi connectivity index (χ3v) is 0.744. The van der Waals surface area contributed by atoms with Gasteiger partial charge in [-0.05, 0) is 18.9 Å². The monoisotopic (exact) mass is 89.1 g/mol. The summed E-state index contributed by atoms with van der Waals surface area (Å²) in [6.45, 7) is 5.18. The molecule has 0 rings (SSSR count). The van der Waals surface area contributed by atoms with Crippen LogP contribution >= 0.6 is 0 Å². The molecule has 0 aromatic carbocycles. The van der Waals surface area contributed by atoms with Gasteiger partial charge in [0.15, 0.2) is 0 Å². The minimum Gasteiger partial charge on any atom is -0.330 e. The molecule has 0 fully saturated rings. The first kappa shape index (κ1) is 5.96. The molecule has 0 saturated heterocycles. The molecule has 1 heteroatoms. The van der Waals surface area contributed by atoms with Crippen LogP contribution in [-0.4, -0.2) is 6.54 Å². The van der Waals surface area contributed by atoms with E-state index in [1.165, 1.54) is 0 Å². The summed E-state index contributed by atoms with van der Waals surface area (Å²) in [5.41, 5.74) is 5.23. The molecule has 0 radical (unpaired) electrons. The molecule has 0 aromatic rings. The zero-order valence-corrected chi connectivity index (χ0v) is 4.57. The van der Waals surface area contributed by atoms with E-state index >= 15 is 0 Å². The quantitative estimate of drug-likeness (QED) is 0.541. The van der Waals surface area contributed by atoms with Crippen LogP contribution in [0.4, 0.5) is 0 Å². The molecule has 0 spiro atoms. The van der Waals surface area contributed by atoms with Gasteiger partial charge in [0.05, 0.1) is 0 Å². The largest absolute Gasteiger partial charge is 0.330 e. The zero-order chi connectivity index (χ0) is 4.99. The second-order valence-electron chi connectivity index (χ2n) is 1.97. The molecule has 0 aromatic heterocycles. The summed E-state index contributed by atoms with van der Waals surface area (Å²) in [4.78, 5) is 0. The van der Waals surface area contributed by atoms with Crippen molar-refractivity contribution in [2.45, 2.75) is 20.3 Å². The maximum atomic E-state index is 5.23. The van der Waals surface area contributed by atoms with Crippen LogP contribution in [0.5, 0.6) is 0 Å². The second kappa shape index (κ2) is 3.16. The highest BCUT2D eigenvalue weighted by Gasteiger charge is 1.85. The van der Waals surface area contributed by atoms with Gasteiger partial charge in [0.25, 0.3) is 0 Å². The van der Waals surface area contributed by atoms with Crippen molar-refractivity contribution in [3.05, 3.63) is 0 Å². The summed E-state index contributed by atoms with van der Waals surface area (Å²) in [7, 11) is 0. The fraction of sp³-hybridized carbons (Fsp3) is 1.00. The Kier molecular flexibility index (Phi) is 3.14. The fourth-order valence-electron chi connectivity index (χ4n) is 0.333. The highest BCUT2D eigenvalue weighted by atomic mass is 14.5. The van der Waals surface area contributed by atoms with Gasteiger partial charge in [0.2, 0.25) is 0 Å². The molecule has 1 nitrogen and oxygen atoms in total. The van der Waals surface area contributed by atoms with Gasteiger partial charge in [-0.25, -0.2) is 0 Å². The van der Waals surface area contributed by atoms with E-state index in [0.717, 1.165) is 18.9 Å². The van der Waals surface area contributed by atoms with Crippen molar-refractivity contribution in [2.24, 2.45) is 11.7 Å². The Balaban J connectivity index is 0. The van der Waals surface area contributed by atoms with Gasteiger partial charge >= 0.3 is 0 Å². The third-order valence-electron chi connectivity index (χ3n) is 0.744. The predicted molar refractivity (Wildman–Crippen MR) is 30.6 cm³/mol. The Hall–Kier alpha value is -0.0400.